The SMILES string of the molecule is C[C@@H]1CCc2cccc(OCc3ccc(C(F)(F)F)cc3)c2N1. The summed E-state index contributed by atoms with van der Waals surface area (Å²) in [6, 6.07) is 11.4. The van der Waals surface area contributed by atoms with Crippen molar-refractivity contribution in [3.63, 3.8) is 0 Å². The molecule has 1 atom stereocenters. The molecule has 1 aliphatic heterocycles. The van der Waals surface area contributed by atoms with Gasteiger partial charge in [0, 0.05) is 6.04 Å². The van der Waals surface area contributed by atoms with Crippen LogP contribution < -0.4 is 10.1 Å². The van der Waals surface area contributed by atoms with Gasteiger partial charge in [-0.15, -0.1) is 0 Å². The van der Waals surface area contributed by atoms with Crippen molar-refractivity contribution in [3.05, 3.63) is 59.2 Å². The standard InChI is InChI=1S/C18H18F3NO/c1-12-5-8-14-3-2-4-16(17(14)22-12)23-11-13-6-9-15(10-7-13)18(19,20)21/h2-4,6-7,9-10,12,22H,5,8,11H2,1H3/t12-/m1/s1. The molecule has 3 rings (SSSR count). The minimum absolute atomic E-state index is 0.241. The van der Waals surface area contributed by atoms with Gasteiger partial charge in [0.05, 0.1) is 11.3 Å². The van der Waals surface area contributed by atoms with Crippen LogP contribution in [0.1, 0.15) is 30.0 Å². The van der Waals surface area contributed by atoms with Gasteiger partial charge in [-0.05, 0) is 49.1 Å². The highest BCUT2D eigenvalue weighted by molar-refractivity contribution is 5.64. The summed E-state index contributed by atoms with van der Waals surface area (Å²) in [7, 11) is 0. The van der Waals surface area contributed by atoms with Crippen LogP contribution in [0.4, 0.5) is 18.9 Å². The maximum atomic E-state index is 12.6. The highest BCUT2D eigenvalue weighted by Crippen LogP contribution is 2.34. The quantitative estimate of drug-likeness (QED) is 0.856. The van der Waals surface area contributed by atoms with E-state index in [0.717, 1.165) is 36.4 Å². The molecule has 0 aromatic heterocycles. The average molecular weight is 321 g/mol. The van der Waals surface area contributed by atoms with Crippen LogP contribution >= 0.6 is 0 Å². The number of halogens is 3. The normalized spacial score (nSPS) is 17.3. The molecule has 0 amide bonds. The molecule has 0 bridgehead atoms. The lowest BCUT2D eigenvalue weighted by molar-refractivity contribution is -0.137. The first-order valence-corrected chi connectivity index (χ1v) is 7.61. The van der Waals surface area contributed by atoms with Crippen LogP contribution in [0.5, 0.6) is 5.75 Å². The highest BCUT2D eigenvalue weighted by atomic mass is 19.4. The van der Waals surface area contributed by atoms with E-state index in [9.17, 15) is 13.2 Å². The number of alkyl halides is 3. The van der Waals surface area contributed by atoms with Gasteiger partial charge in [0.2, 0.25) is 0 Å². The molecular weight excluding hydrogens is 303 g/mol. The Morgan fingerprint density at radius 1 is 1.13 bits per heavy atom. The van der Waals surface area contributed by atoms with Crippen LogP contribution in [-0.2, 0) is 19.2 Å². The monoisotopic (exact) mass is 321 g/mol. The third kappa shape index (κ3) is 3.60. The van der Waals surface area contributed by atoms with Gasteiger partial charge in [-0.2, -0.15) is 13.2 Å². The van der Waals surface area contributed by atoms with E-state index in [2.05, 4.69) is 18.3 Å². The fourth-order valence-corrected chi connectivity index (χ4v) is 2.71. The first-order chi connectivity index (χ1) is 10.9. The molecular formula is C18H18F3NO. The smallest absolute Gasteiger partial charge is 0.416 e. The van der Waals surface area contributed by atoms with Crippen molar-refractivity contribution in [1.82, 2.24) is 0 Å². The molecule has 23 heavy (non-hydrogen) atoms. The fraction of sp³-hybridized carbons (Fsp3) is 0.333. The Morgan fingerprint density at radius 3 is 2.57 bits per heavy atom. The summed E-state index contributed by atoms with van der Waals surface area (Å²) in [5, 5.41) is 3.42. The lowest BCUT2D eigenvalue weighted by atomic mass is 9.98. The Kier molecular flexibility index (Phi) is 4.20. The van der Waals surface area contributed by atoms with E-state index in [1.54, 1.807) is 0 Å². The Bertz CT molecular complexity index is 680. The van der Waals surface area contributed by atoms with Crippen LogP contribution in [-0.4, -0.2) is 6.04 Å². The summed E-state index contributed by atoms with van der Waals surface area (Å²) in [5.74, 6) is 0.744. The van der Waals surface area contributed by atoms with E-state index in [4.69, 9.17) is 4.74 Å². The van der Waals surface area contributed by atoms with Crippen LogP contribution in [0.25, 0.3) is 0 Å². The molecule has 1 aliphatic rings. The zero-order chi connectivity index (χ0) is 16.4. The van der Waals surface area contributed by atoms with Gasteiger partial charge in [-0.25, -0.2) is 0 Å². The Labute approximate surface area is 133 Å². The topological polar surface area (TPSA) is 21.3 Å². The van der Waals surface area contributed by atoms with Crippen molar-refractivity contribution in [2.45, 2.75) is 38.6 Å². The van der Waals surface area contributed by atoms with Gasteiger partial charge in [-0.3, -0.25) is 0 Å². The van der Waals surface area contributed by atoms with Crippen LogP contribution in [0, 0.1) is 0 Å². The van der Waals surface area contributed by atoms with Crippen molar-refractivity contribution < 1.29 is 17.9 Å². The van der Waals surface area contributed by atoms with Crippen LogP contribution in [0.3, 0.4) is 0 Å². The molecule has 0 aliphatic carbocycles. The maximum Gasteiger partial charge on any atom is 0.416 e. The van der Waals surface area contributed by atoms with E-state index < -0.39 is 11.7 Å². The highest BCUT2D eigenvalue weighted by Gasteiger charge is 2.29. The van der Waals surface area contributed by atoms with Crippen LogP contribution in [0.15, 0.2) is 42.5 Å². The van der Waals surface area contributed by atoms with E-state index >= 15 is 0 Å². The minimum Gasteiger partial charge on any atom is -0.487 e. The predicted molar refractivity (Wildman–Crippen MR) is 83.6 cm³/mol. The van der Waals surface area contributed by atoms with Gasteiger partial charge in [-0.1, -0.05) is 24.3 Å². The van der Waals surface area contributed by atoms with Gasteiger partial charge in [0.15, 0.2) is 0 Å². The molecule has 0 unspecified atom stereocenters. The molecule has 0 saturated heterocycles. The van der Waals surface area contributed by atoms with Crippen molar-refractivity contribution >= 4 is 5.69 Å². The first-order valence-electron chi connectivity index (χ1n) is 7.61. The lowest BCUT2D eigenvalue weighted by Gasteiger charge is -2.26. The van der Waals surface area contributed by atoms with Gasteiger partial charge >= 0.3 is 6.18 Å². The van der Waals surface area contributed by atoms with Crippen molar-refractivity contribution in [3.8, 4) is 5.75 Å². The second kappa shape index (κ2) is 6.14. The summed E-state index contributed by atoms with van der Waals surface area (Å²) in [6.07, 6.45) is -2.23. The molecule has 122 valence electrons. The van der Waals surface area contributed by atoms with E-state index in [0.29, 0.717) is 11.6 Å². The molecule has 2 aromatic rings. The number of hydrogen-bond acceptors (Lipinski definition) is 2. The molecule has 0 fully saturated rings. The number of nitrogens with one attached hydrogen (secondary N) is 1. The van der Waals surface area contributed by atoms with Crippen LogP contribution in [0.2, 0.25) is 0 Å². The third-order valence-electron chi connectivity index (χ3n) is 4.03. The van der Waals surface area contributed by atoms with Crippen molar-refractivity contribution in [2.75, 3.05) is 5.32 Å². The van der Waals surface area contributed by atoms with Gasteiger partial charge in [0.1, 0.15) is 12.4 Å². The number of anilines is 1. The summed E-state index contributed by atoms with van der Waals surface area (Å²) in [5.41, 5.74) is 2.28. The number of aryl methyl sites for hydroxylation is 1. The molecule has 1 heterocycles. The van der Waals surface area contributed by atoms with E-state index in [-0.39, 0.29) is 6.61 Å². The second-order valence-corrected chi connectivity index (χ2v) is 5.86. The molecule has 2 aromatic carbocycles. The summed E-state index contributed by atoms with van der Waals surface area (Å²) < 4.78 is 43.5. The summed E-state index contributed by atoms with van der Waals surface area (Å²) in [6.45, 7) is 2.36. The number of rotatable bonds is 3. The average Bonchev–Trinajstić information content (AvgIpc) is 2.52. The second-order valence-electron chi connectivity index (χ2n) is 5.86. The minimum atomic E-state index is -4.31. The summed E-state index contributed by atoms with van der Waals surface area (Å²) >= 11 is 0. The third-order valence-corrected chi connectivity index (χ3v) is 4.03. The maximum absolute atomic E-state index is 12.6. The van der Waals surface area contributed by atoms with E-state index in [1.807, 2.05) is 12.1 Å². The number of ether oxygens (including phenoxy) is 1. The molecule has 0 radical (unpaired) electrons. The van der Waals surface area contributed by atoms with E-state index in [1.165, 1.54) is 17.7 Å². The Balaban J connectivity index is 1.72. The molecule has 0 spiro atoms. The van der Waals surface area contributed by atoms with Gasteiger partial charge in [0.25, 0.3) is 0 Å². The Hall–Kier alpha value is -2.17. The lowest BCUT2D eigenvalue weighted by Crippen LogP contribution is -2.22. The van der Waals surface area contributed by atoms with Crippen molar-refractivity contribution in [2.24, 2.45) is 0 Å². The summed E-state index contributed by atoms with van der Waals surface area (Å²) in [4.78, 5) is 0. The zero-order valence-electron chi connectivity index (χ0n) is 12.8. The van der Waals surface area contributed by atoms with Gasteiger partial charge < -0.3 is 10.1 Å². The predicted octanol–water partition coefficient (Wildman–Crippen LogP) is 5.03. The molecule has 2 nitrogen and oxygen atoms in total. The molecule has 0 saturated carbocycles. The first kappa shape index (κ1) is 15.7. The molecule has 5 heteroatoms. The zero-order valence-corrected chi connectivity index (χ0v) is 12.8. The number of para-hydroxylation sites is 1. The van der Waals surface area contributed by atoms with Crippen molar-refractivity contribution in [1.29, 1.82) is 0 Å². The largest absolute Gasteiger partial charge is 0.487 e. The molecule has 1 N–H and O–H groups in total. The fourth-order valence-electron chi connectivity index (χ4n) is 2.71. The number of fused-ring (bicyclic) bond motifs is 1. The number of hydrogen-bond donors (Lipinski definition) is 1. The Morgan fingerprint density at radius 2 is 1.87 bits per heavy atom. The number of benzene rings is 2.